The third-order valence-electron chi connectivity index (χ3n) is 4.18. The van der Waals surface area contributed by atoms with Gasteiger partial charge < -0.3 is 9.84 Å². The number of benzene rings is 1. The number of carbonyl (C=O) groups is 2. The van der Waals surface area contributed by atoms with Crippen molar-refractivity contribution in [3.8, 4) is 5.75 Å². The van der Waals surface area contributed by atoms with Crippen LogP contribution in [0, 0.1) is 0 Å². The summed E-state index contributed by atoms with van der Waals surface area (Å²) in [6.45, 7) is 12.6. The van der Waals surface area contributed by atoms with Gasteiger partial charge in [0.05, 0.1) is 6.61 Å². The van der Waals surface area contributed by atoms with Crippen LogP contribution in [0.1, 0.15) is 77.5 Å². The van der Waals surface area contributed by atoms with Gasteiger partial charge in [0.25, 0.3) is 0 Å². The van der Waals surface area contributed by atoms with E-state index in [-0.39, 0.29) is 36.2 Å². The second-order valence-corrected chi connectivity index (χ2v) is 9.14. The Balaban J connectivity index is 2.86. The molecular weight excluding hydrogens is 352 g/mol. The molecule has 1 aromatic carbocycles. The van der Waals surface area contributed by atoms with Gasteiger partial charge in [-0.2, -0.15) is 0 Å². The third-order valence-corrected chi connectivity index (χ3v) is 4.37. The molecule has 0 aliphatic rings. The molecule has 1 aromatic rings. The van der Waals surface area contributed by atoms with E-state index in [0.29, 0.717) is 18.6 Å². The number of hydrogen-bond acceptors (Lipinski definition) is 4. The minimum Gasteiger partial charge on any atom is -0.507 e. The lowest BCUT2D eigenvalue weighted by Crippen LogP contribution is -2.18. The number of rotatable bonds is 7. The molecule has 0 aliphatic carbocycles. The van der Waals surface area contributed by atoms with Crippen molar-refractivity contribution in [2.24, 2.45) is 0 Å². The molecule has 5 heteroatoms. The second-order valence-electron chi connectivity index (χ2n) is 8.72. The molecule has 0 heterocycles. The Morgan fingerprint density at radius 2 is 1.50 bits per heavy atom. The Labute approximate surface area is 161 Å². The minimum absolute atomic E-state index is 0.200. The Bertz CT molecular complexity index is 616. The number of aromatic hydroxyl groups is 1. The van der Waals surface area contributed by atoms with Gasteiger partial charge in [-0.05, 0) is 52.0 Å². The summed E-state index contributed by atoms with van der Waals surface area (Å²) in [6, 6.07) is 3.95. The molecule has 0 bridgehead atoms. The maximum atomic E-state index is 11.9. The van der Waals surface area contributed by atoms with Gasteiger partial charge in [0, 0.05) is 12.8 Å². The number of hydrogen-bond donors (Lipinski definition) is 1. The molecule has 0 aromatic heterocycles. The molecule has 0 unspecified atom stereocenters. The zero-order valence-electron chi connectivity index (χ0n) is 16.7. The maximum Gasteiger partial charge on any atom is 0.306 e. The first-order valence-electron chi connectivity index (χ1n) is 9.03. The Hall–Kier alpha value is -1.55. The molecule has 146 valence electrons. The van der Waals surface area contributed by atoms with Crippen molar-refractivity contribution >= 4 is 22.8 Å². The molecular formula is C21H31ClO4. The summed E-state index contributed by atoms with van der Waals surface area (Å²) in [6.07, 6.45) is 1.44. The second kappa shape index (κ2) is 8.90. The molecule has 0 atom stereocenters. The minimum atomic E-state index is -0.422. The van der Waals surface area contributed by atoms with Gasteiger partial charge in [0.15, 0.2) is 0 Å². The summed E-state index contributed by atoms with van der Waals surface area (Å²) in [5.41, 5.74) is 2.37. The first-order valence-corrected chi connectivity index (χ1v) is 9.41. The Morgan fingerprint density at radius 3 is 1.92 bits per heavy atom. The summed E-state index contributed by atoms with van der Waals surface area (Å²) < 4.78 is 5.13. The SMILES string of the molecule is CC(C)(C)c1cc(CCC(=O)OCCCC(=O)Cl)cc(C(C)(C)C)c1O. The maximum absolute atomic E-state index is 11.9. The van der Waals surface area contributed by atoms with Crippen molar-refractivity contribution in [3.05, 3.63) is 28.8 Å². The van der Waals surface area contributed by atoms with Crippen LogP contribution in [0.5, 0.6) is 5.75 Å². The number of phenols is 1. The van der Waals surface area contributed by atoms with Crippen molar-refractivity contribution in [2.75, 3.05) is 6.61 Å². The van der Waals surface area contributed by atoms with E-state index < -0.39 is 5.24 Å². The summed E-state index contributed by atoms with van der Waals surface area (Å²) in [7, 11) is 0. The van der Waals surface area contributed by atoms with Crippen LogP contribution in [0.2, 0.25) is 0 Å². The van der Waals surface area contributed by atoms with Gasteiger partial charge in [-0.15, -0.1) is 0 Å². The summed E-state index contributed by atoms with van der Waals surface area (Å²) >= 11 is 5.25. The third kappa shape index (κ3) is 6.99. The van der Waals surface area contributed by atoms with Gasteiger partial charge in [0.1, 0.15) is 5.75 Å². The average molecular weight is 383 g/mol. The van der Waals surface area contributed by atoms with Crippen molar-refractivity contribution in [2.45, 2.75) is 78.1 Å². The standard InChI is InChI=1S/C21H31ClO4/c1-20(2,3)15-12-14(13-16(19(15)25)21(4,5)6)9-10-18(24)26-11-7-8-17(22)23/h12-13,25H,7-11H2,1-6H3. The summed E-state index contributed by atoms with van der Waals surface area (Å²) in [5, 5.41) is 10.3. The normalized spacial score (nSPS) is 12.1. The number of aryl methyl sites for hydroxylation is 1. The number of halogens is 1. The van der Waals surface area contributed by atoms with Crippen LogP contribution in [0.15, 0.2) is 12.1 Å². The molecule has 0 radical (unpaired) electrons. The molecule has 1 rings (SSSR count). The lowest BCUT2D eigenvalue weighted by molar-refractivity contribution is -0.144. The Morgan fingerprint density at radius 1 is 1.00 bits per heavy atom. The van der Waals surface area contributed by atoms with Crippen molar-refractivity contribution in [3.63, 3.8) is 0 Å². The fourth-order valence-electron chi connectivity index (χ4n) is 2.70. The average Bonchev–Trinajstić information content (AvgIpc) is 2.48. The van der Waals surface area contributed by atoms with Gasteiger partial charge in [-0.3, -0.25) is 9.59 Å². The first-order chi connectivity index (χ1) is 11.8. The molecule has 0 aliphatic heterocycles. The van der Waals surface area contributed by atoms with Gasteiger partial charge in [-0.1, -0.05) is 53.7 Å². The summed E-state index contributed by atoms with van der Waals surface area (Å²) in [4.78, 5) is 22.6. The van der Waals surface area contributed by atoms with E-state index in [9.17, 15) is 14.7 Å². The van der Waals surface area contributed by atoms with Crippen LogP contribution in [0.3, 0.4) is 0 Å². The zero-order valence-corrected chi connectivity index (χ0v) is 17.5. The number of esters is 1. The highest BCUT2D eigenvalue weighted by Crippen LogP contribution is 2.39. The van der Waals surface area contributed by atoms with Gasteiger partial charge in [-0.25, -0.2) is 0 Å². The first kappa shape index (κ1) is 22.5. The molecule has 0 spiro atoms. The van der Waals surface area contributed by atoms with Crippen LogP contribution in [-0.2, 0) is 31.6 Å². The smallest absolute Gasteiger partial charge is 0.306 e. The Kier molecular flexibility index (Phi) is 7.70. The van der Waals surface area contributed by atoms with E-state index in [1.807, 2.05) is 12.1 Å². The highest BCUT2D eigenvalue weighted by Gasteiger charge is 2.26. The molecule has 1 N–H and O–H groups in total. The highest BCUT2D eigenvalue weighted by atomic mass is 35.5. The van der Waals surface area contributed by atoms with Crippen LogP contribution < -0.4 is 0 Å². The number of phenolic OH excluding ortho intramolecular Hbond substituents is 1. The van der Waals surface area contributed by atoms with Crippen molar-refractivity contribution < 1.29 is 19.4 Å². The quantitative estimate of drug-likeness (QED) is 0.409. The molecule has 0 fully saturated rings. The van der Waals surface area contributed by atoms with Crippen LogP contribution >= 0.6 is 11.6 Å². The summed E-state index contributed by atoms with van der Waals surface area (Å²) in [5.74, 6) is 0.0387. The topological polar surface area (TPSA) is 63.6 Å². The molecule has 0 saturated heterocycles. The zero-order chi connectivity index (χ0) is 20.1. The van der Waals surface area contributed by atoms with E-state index >= 15 is 0 Å². The van der Waals surface area contributed by atoms with Crippen LogP contribution in [-0.4, -0.2) is 22.9 Å². The van der Waals surface area contributed by atoms with E-state index in [4.69, 9.17) is 16.3 Å². The highest BCUT2D eigenvalue weighted by molar-refractivity contribution is 6.63. The fourth-order valence-corrected chi connectivity index (χ4v) is 2.83. The van der Waals surface area contributed by atoms with Crippen LogP contribution in [0.4, 0.5) is 0 Å². The van der Waals surface area contributed by atoms with E-state index in [1.54, 1.807) is 0 Å². The van der Waals surface area contributed by atoms with Crippen molar-refractivity contribution in [1.29, 1.82) is 0 Å². The predicted molar refractivity (Wildman–Crippen MR) is 105 cm³/mol. The van der Waals surface area contributed by atoms with E-state index in [0.717, 1.165) is 16.7 Å². The molecule has 4 nitrogen and oxygen atoms in total. The molecule has 0 saturated carbocycles. The lowest BCUT2D eigenvalue weighted by atomic mass is 9.78. The van der Waals surface area contributed by atoms with Crippen LogP contribution in [0.25, 0.3) is 0 Å². The number of carbonyl (C=O) groups excluding carboxylic acids is 2. The molecule has 26 heavy (non-hydrogen) atoms. The van der Waals surface area contributed by atoms with Gasteiger partial charge in [0.2, 0.25) is 5.24 Å². The lowest BCUT2D eigenvalue weighted by Gasteiger charge is -2.28. The largest absolute Gasteiger partial charge is 0.507 e. The van der Waals surface area contributed by atoms with Crippen molar-refractivity contribution in [1.82, 2.24) is 0 Å². The fraction of sp³-hybridized carbons (Fsp3) is 0.619. The van der Waals surface area contributed by atoms with Gasteiger partial charge >= 0.3 is 5.97 Å². The van der Waals surface area contributed by atoms with E-state index in [2.05, 4.69) is 41.5 Å². The molecule has 0 amide bonds. The monoisotopic (exact) mass is 382 g/mol. The number of ether oxygens (including phenoxy) is 1. The van der Waals surface area contributed by atoms with E-state index in [1.165, 1.54) is 0 Å². The predicted octanol–water partition coefficient (Wildman–Crippen LogP) is 5.01.